The van der Waals surface area contributed by atoms with Gasteiger partial charge in [-0.15, -0.1) is 12.4 Å². The van der Waals surface area contributed by atoms with E-state index < -0.39 is 5.41 Å². The number of carbonyl (C=O) groups excluding carboxylic acids is 1. The van der Waals surface area contributed by atoms with Crippen LogP contribution in [-0.2, 0) is 9.53 Å². The summed E-state index contributed by atoms with van der Waals surface area (Å²) in [6, 6.07) is 22.0. The van der Waals surface area contributed by atoms with Crippen LogP contribution in [0.25, 0.3) is 0 Å². The Morgan fingerprint density at radius 3 is 1.79 bits per heavy atom. The zero-order valence-corrected chi connectivity index (χ0v) is 21.7. The van der Waals surface area contributed by atoms with Crippen LogP contribution in [0.15, 0.2) is 60.7 Å². The molecule has 0 radical (unpaired) electrons. The Morgan fingerprint density at radius 1 is 0.824 bits per heavy atom. The first kappa shape index (κ1) is 25.3. The summed E-state index contributed by atoms with van der Waals surface area (Å²) in [6.07, 6.45) is 7.18. The number of nitrogens with zero attached hydrogens (tertiary/aromatic N) is 1. The van der Waals surface area contributed by atoms with E-state index in [4.69, 9.17) is 4.74 Å². The SMILES string of the molecule is CC(C)(C)C(=O)O[C@@H]1CC2(N3CCCCC3)C[C@@H](c3ccccc3)C1[C@H](c1ccccc1)C2.Cl. The van der Waals surface area contributed by atoms with E-state index in [-0.39, 0.29) is 30.0 Å². The summed E-state index contributed by atoms with van der Waals surface area (Å²) in [4.78, 5) is 15.9. The van der Waals surface area contributed by atoms with Crippen LogP contribution in [0, 0.1) is 11.3 Å². The number of benzene rings is 2. The van der Waals surface area contributed by atoms with Crippen LogP contribution in [0.4, 0.5) is 0 Å². The van der Waals surface area contributed by atoms with Gasteiger partial charge in [0.2, 0.25) is 0 Å². The van der Waals surface area contributed by atoms with Crippen molar-refractivity contribution in [3.8, 4) is 0 Å². The summed E-state index contributed by atoms with van der Waals surface area (Å²) in [5.41, 5.74) is 2.42. The van der Waals surface area contributed by atoms with Crippen molar-refractivity contribution in [2.75, 3.05) is 13.1 Å². The molecule has 0 aromatic heterocycles. The number of ether oxygens (including phenoxy) is 1. The molecule has 3 saturated carbocycles. The number of halogens is 1. The van der Waals surface area contributed by atoms with E-state index in [1.807, 2.05) is 20.8 Å². The van der Waals surface area contributed by atoms with E-state index in [1.165, 1.54) is 56.3 Å². The molecule has 2 aromatic rings. The number of hydrogen-bond donors (Lipinski definition) is 0. The van der Waals surface area contributed by atoms with Gasteiger partial charge in [0.15, 0.2) is 0 Å². The molecular weight excluding hydrogens is 442 g/mol. The van der Waals surface area contributed by atoms with Gasteiger partial charge in [-0.1, -0.05) is 67.1 Å². The summed E-state index contributed by atoms with van der Waals surface area (Å²) in [5.74, 6) is 1.05. The van der Waals surface area contributed by atoms with Gasteiger partial charge < -0.3 is 4.74 Å². The van der Waals surface area contributed by atoms with Crippen molar-refractivity contribution in [2.45, 2.75) is 82.8 Å². The van der Waals surface area contributed by atoms with Crippen LogP contribution < -0.4 is 0 Å². The average molecular weight is 482 g/mol. The Morgan fingerprint density at radius 2 is 1.32 bits per heavy atom. The van der Waals surface area contributed by atoms with E-state index in [2.05, 4.69) is 65.6 Å². The zero-order valence-electron chi connectivity index (χ0n) is 20.9. The topological polar surface area (TPSA) is 29.5 Å². The van der Waals surface area contributed by atoms with Gasteiger partial charge in [0.1, 0.15) is 6.10 Å². The summed E-state index contributed by atoms with van der Waals surface area (Å²) in [5, 5.41) is 0. The van der Waals surface area contributed by atoms with Gasteiger partial charge in [0, 0.05) is 17.9 Å². The first-order valence-electron chi connectivity index (χ1n) is 12.9. The second kappa shape index (κ2) is 10.0. The highest BCUT2D eigenvalue weighted by molar-refractivity contribution is 5.85. The molecular formula is C30H40ClNO2. The van der Waals surface area contributed by atoms with Gasteiger partial charge in [-0.25, -0.2) is 0 Å². The van der Waals surface area contributed by atoms with E-state index in [0.29, 0.717) is 17.8 Å². The predicted molar refractivity (Wildman–Crippen MR) is 140 cm³/mol. The van der Waals surface area contributed by atoms with E-state index >= 15 is 0 Å². The highest BCUT2D eigenvalue weighted by Crippen LogP contribution is 2.61. The van der Waals surface area contributed by atoms with Crippen LogP contribution in [0.3, 0.4) is 0 Å². The van der Waals surface area contributed by atoms with E-state index in [0.717, 1.165) is 6.42 Å². The predicted octanol–water partition coefficient (Wildman–Crippen LogP) is 6.97. The lowest BCUT2D eigenvalue weighted by Crippen LogP contribution is -2.64. The fourth-order valence-corrected chi connectivity index (χ4v) is 6.92. The van der Waals surface area contributed by atoms with Crippen molar-refractivity contribution in [1.29, 1.82) is 0 Å². The number of carbonyl (C=O) groups is 1. The number of fused-ring (bicyclic) bond motifs is 3. The smallest absolute Gasteiger partial charge is 0.311 e. The molecule has 3 aliphatic carbocycles. The number of piperidine rings is 1. The lowest BCUT2D eigenvalue weighted by atomic mass is 9.51. The Labute approximate surface area is 211 Å². The van der Waals surface area contributed by atoms with Gasteiger partial charge >= 0.3 is 5.97 Å². The fraction of sp³-hybridized carbons (Fsp3) is 0.567. The molecule has 1 saturated heterocycles. The Balaban J connectivity index is 0.00000274. The molecule has 184 valence electrons. The van der Waals surface area contributed by atoms with Crippen LogP contribution in [0.2, 0.25) is 0 Å². The number of esters is 1. The van der Waals surface area contributed by atoms with Crippen LogP contribution >= 0.6 is 12.4 Å². The van der Waals surface area contributed by atoms with Crippen LogP contribution in [0.1, 0.15) is 82.3 Å². The number of hydrogen-bond acceptors (Lipinski definition) is 3. The molecule has 3 nitrogen and oxygen atoms in total. The molecule has 0 amide bonds. The second-order valence-corrected chi connectivity index (χ2v) is 11.7. The van der Waals surface area contributed by atoms with E-state index in [9.17, 15) is 4.79 Å². The first-order valence-corrected chi connectivity index (χ1v) is 12.9. The van der Waals surface area contributed by atoms with Crippen molar-refractivity contribution in [2.24, 2.45) is 11.3 Å². The molecule has 6 rings (SSSR count). The zero-order chi connectivity index (χ0) is 23.1. The molecule has 1 aliphatic heterocycles. The maximum atomic E-state index is 13.1. The third kappa shape index (κ3) is 4.79. The number of likely N-dealkylation sites (tertiary alicyclic amines) is 1. The maximum absolute atomic E-state index is 13.1. The largest absolute Gasteiger partial charge is 0.462 e. The third-order valence-corrected chi connectivity index (χ3v) is 8.49. The molecule has 1 heterocycles. The molecule has 3 atom stereocenters. The first-order chi connectivity index (χ1) is 15.9. The van der Waals surface area contributed by atoms with Gasteiger partial charge in [0.25, 0.3) is 0 Å². The molecule has 34 heavy (non-hydrogen) atoms. The van der Waals surface area contributed by atoms with Gasteiger partial charge in [0.05, 0.1) is 5.41 Å². The fourth-order valence-electron chi connectivity index (χ4n) is 6.92. The van der Waals surface area contributed by atoms with Gasteiger partial charge in [-0.2, -0.15) is 0 Å². The summed E-state index contributed by atoms with van der Waals surface area (Å²) >= 11 is 0. The average Bonchev–Trinajstić information content (AvgIpc) is 2.85. The maximum Gasteiger partial charge on any atom is 0.311 e. The van der Waals surface area contributed by atoms with E-state index in [1.54, 1.807) is 0 Å². The minimum Gasteiger partial charge on any atom is -0.462 e. The molecule has 2 aromatic carbocycles. The van der Waals surface area contributed by atoms with Crippen LogP contribution in [0.5, 0.6) is 0 Å². The number of rotatable bonds is 4. The molecule has 2 bridgehead atoms. The standard InChI is InChI=1S/C30H39NO2.ClH/c1-29(2,3)28(32)33-26-21-30(31-17-11-6-12-18-31)19-24(22-13-7-4-8-14-22)27(26)25(20-30)23-15-9-5-10-16-23;/h4-5,7-10,13-16,24-27H,6,11-12,17-21H2,1-3H3;1H/t24-,25-,26+,27?,30?;/m0./s1. The normalized spacial score (nSPS) is 31.5. The van der Waals surface area contributed by atoms with Crippen molar-refractivity contribution in [3.05, 3.63) is 71.8 Å². The Kier molecular flexibility index (Phi) is 7.45. The Bertz CT molecular complexity index is 899. The molecule has 0 spiro atoms. The molecule has 4 aliphatic rings. The third-order valence-electron chi connectivity index (χ3n) is 8.49. The lowest BCUT2D eigenvalue weighted by molar-refractivity contribution is -0.178. The summed E-state index contributed by atoms with van der Waals surface area (Å²) in [6.45, 7) is 8.27. The summed E-state index contributed by atoms with van der Waals surface area (Å²) < 4.78 is 6.44. The second-order valence-electron chi connectivity index (χ2n) is 11.7. The van der Waals surface area contributed by atoms with Crippen molar-refractivity contribution in [1.82, 2.24) is 4.90 Å². The molecule has 0 N–H and O–H groups in total. The summed E-state index contributed by atoms with van der Waals surface area (Å²) in [7, 11) is 0. The monoisotopic (exact) mass is 481 g/mol. The van der Waals surface area contributed by atoms with Crippen molar-refractivity contribution >= 4 is 18.4 Å². The highest BCUT2D eigenvalue weighted by atomic mass is 35.5. The minimum atomic E-state index is -0.487. The van der Waals surface area contributed by atoms with Crippen molar-refractivity contribution in [3.63, 3.8) is 0 Å². The molecule has 0 unspecified atom stereocenters. The molecule has 4 heteroatoms. The highest BCUT2D eigenvalue weighted by Gasteiger charge is 2.59. The lowest BCUT2D eigenvalue weighted by Gasteiger charge is -2.62. The minimum absolute atomic E-state index is 0. The quantitative estimate of drug-likeness (QED) is 0.441. The van der Waals surface area contributed by atoms with Gasteiger partial charge in [-0.3, -0.25) is 9.69 Å². The molecule has 4 fully saturated rings. The Hall–Kier alpha value is -1.84. The van der Waals surface area contributed by atoms with Crippen molar-refractivity contribution < 1.29 is 9.53 Å². The van der Waals surface area contributed by atoms with Crippen LogP contribution in [-0.4, -0.2) is 35.6 Å². The van der Waals surface area contributed by atoms with Gasteiger partial charge in [-0.05, 0) is 82.5 Å².